The van der Waals surface area contributed by atoms with E-state index in [9.17, 15) is 0 Å². The van der Waals surface area contributed by atoms with Crippen LogP contribution >= 0.6 is 0 Å². The van der Waals surface area contributed by atoms with Crippen LogP contribution in [0.3, 0.4) is 0 Å². The molecule has 1 aromatic carbocycles. The van der Waals surface area contributed by atoms with Crippen LogP contribution in [0.4, 0.5) is 5.69 Å². The standard InChI is InChI=1S/C19H28BN3O2/c1-18(2)19(3,4)25-20(24-18)16-7-6-8-17(15-16)23-13-11-22(12-14-23)10-9-21-5/h6-8,15H,9-14H2,1-4H3. The van der Waals surface area contributed by atoms with Crippen LogP contribution in [0.25, 0.3) is 4.85 Å². The van der Waals surface area contributed by atoms with Gasteiger partial charge in [0.1, 0.15) is 0 Å². The van der Waals surface area contributed by atoms with Gasteiger partial charge in [0.25, 0.3) is 0 Å². The number of hydrogen-bond acceptors (Lipinski definition) is 4. The van der Waals surface area contributed by atoms with Crippen LogP contribution in [0, 0.1) is 6.57 Å². The molecule has 0 spiro atoms. The van der Waals surface area contributed by atoms with Gasteiger partial charge in [0.05, 0.1) is 17.7 Å². The van der Waals surface area contributed by atoms with E-state index in [0.29, 0.717) is 6.54 Å². The van der Waals surface area contributed by atoms with Crippen LogP contribution in [-0.2, 0) is 9.31 Å². The van der Waals surface area contributed by atoms with Crippen molar-refractivity contribution >= 4 is 18.3 Å². The fourth-order valence-corrected chi connectivity index (χ4v) is 3.27. The Kier molecular flexibility index (Phi) is 5.10. The van der Waals surface area contributed by atoms with Crippen molar-refractivity contribution in [2.75, 3.05) is 44.2 Å². The second kappa shape index (κ2) is 6.99. The SMILES string of the molecule is [C-]#[N+]CCN1CCN(c2cccc(B3OC(C)(C)C(C)(C)O3)c2)CC1. The molecule has 5 nitrogen and oxygen atoms in total. The van der Waals surface area contributed by atoms with E-state index in [4.69, 9.17) is 15.9 Å². The van der Waals surface area contributed by atoms with Crippen LogP contribution in [0.1, 0.15) is 27.7 Å². The smallest absolute Gasteiger partial charge is 0.399 e. The summed E-state index contributed by atoms with van der Waals surface area (Å²) < 4.78 is 12.4. The summed E-state index contributed by atoms with van der Waals surface area (Å²) in [6.07, 6.45) is 0. The van der Waals surface area contributed by atoms with E-state index in [1.165, 1.54) is 5.69 Å². The predicted molar refractivity (Wildman–Crippen MR) is 102 cm³/mol. The fraction of sp³-hybridized carbons (Fsp3) is 0.632. The lowest BCUT2D eigenvalue weighted by Gasteiger charge is -2.35. The molecule has 2 fully saturated rings. The summed E-state index contributed by atoms with van der Waals surface area (Å²) >= 11 is 0. The molecule has 0 saturated carbocycles. The molecule has 134 valence electrons. The summed E-state index contributed by atoms with van der Waals surface area (Å²) in [5, 5.41) is 0. The molecule has 0 aromatic heterocycles. The largest absolute Gasteiger partial charge is 0.494 e. The molecule has 0 N–H and O–H groups in total. The van der Waals surface area contributed by atoms with Gasteiger partial charge in [0.15, 0.2) is 0 Å². The Morgan fingerprint density at radius 2 is 1.72 bits per heavy atom. The van der Waals surface area contributed by atoms with Crippen LogP contribution in [0.2, 0.25) is 0 Å². The molecule has 3 rings (SSSR count). The van der Waals surface area contributed by atoms with E-state index >= 15 is 0 Å². The highest BCUT2D eigenvalue weighted by Gasteiger charge is 2.51. The van der Waals surface area contributed by atoms with Crippen LogP contribution in [-0.4, -0.2) is 62.5 Å². The summed E-state index contributed by atoms with van der Waals surface area (Å²) in [7, 11) is -0.315. The van der Waals surface area contributed by atoms with Gasteiger partial charge >= 0.3 is 7.12 Å². The highest BCUT2D eigenvalue weighted by molar-refractivity contribution is 6.62. The number of benzene rings is 1. The first-order valence-electron chi connectivity index (χ1n) is 9.08. The highest BCUT2D eigenvalue weighted by atomic mass is 16.7. The zero-order valence-corrected chi connectivity index (χ0v) is 15.8. The molecule has 0 unspecified atom stereocenters. The van der Waals surface area contributed by atoms with E-state index in [0.717, 1.165) is 38.2 Å². The fourth-order valence-electron chi connectivity index (χ4n) is 3.27. The van der Waals surface area contributed by atoms with E-state index in [1.54, 1.807) is 0 Å². The van der Waals surface area contributed by atoms with Crippen molar-refractivity contribution in [3.8, 4) is 0 Å². The van der Waals surface area contributed by atoms with Gasteiger partial charge in [-0.2, -0.15) is 0 Å². The molecule has 0 bridgehead atoms. The Hall–Kier alpha value is -1.55. The first-order chi connectivity index (χ1) is 11.8. The van der Waals surface area contributed by atoms with Crippen molar-refractivity contribution in [3.63, 3.8) is 0 Å². The normalized spacial score (nSPS) is 22.8. The Bertz CT molecular complexity index is 632. The number of nitrogens with zero attached hydrogens (tertiary/aromatic N) is 3. The maximum atomic E-state index is 6.92. The zero-order chi connectivity index (χ0) is 18.1. The summed E-state index contributed by atoms with van der Waals surface area (Å²) in [6.45, 7) is 20.7. The van der Waals surface area contributed by atoms with Gasteiger partial charge in [-0.15, -0.1) is 0 Å². The minimum atomic E-state index is -0.317. The maximum absolute atomic E-state index is 6.92. The molecular weight excluding hydrogens is 313 g/mol. The lowest BCUT2D eigenvalue weighted by atomic mass is 9.79. The predicted octanol–water partition coefficient (Wildman–Crippen LogP) is 2.03. The van der Waals surface area contributed by atoms with Gasteiger partial charge in [-0.1, -0.05) is 12.1 Å². The van der Waals surface area contributed by atoms with Crippen molar-refractivity contribution in [1.82, 2.24) is 4.90 Å². The third-order valence-corrected chi connectivity index (χ3v) is 5.66. The molecule has 2 saturated heterocycles. The molecule has 0 radical (unpaired) electrons. The summed E-state index contributed by atoms with van der Waals surface area (Å²) in [4.78, 5) is 8.23. The highest BCUT2D eigenvalue weighted by Crippen LogP contribution is 2.36. The van der Waals surface area contributed by atoms with Gasteiger partial charge in [0, 0.05) is 31.9 Å². The molecule has 2 heterocycles. The van der Waals surface area contributed by atoms with E-state index in [2.05, 4.69) is 66.6 Å². The van der Waals surface area contributed by atoms with Gasteiger partial charge in [0.2, 0.25) is 6.54 Å². The van der Waals surface area contributed by atoms with Crippen molar-refractivity contribution in [1.29, 1.82) is 0 Å². The van der Waals surface area contributed by atoms with Crippen molar-refractivity contribution in [2.45, 2.75) is 38.9 Å². The second-order valence-electron chi connectivity index (χ2n) is 7.89. The molecule has 0 aliphatic carbocycles. The lowest BCUT2D eigenvalue weighted by Crippen LogP contribution is -2.47. The third kappa shape index (κ3) is 3.84. The zero-order valence-electron chi connectivity index (χ0n) is 15.8. The minimum Gasteiger partial charge on any atom is -0.399 e. The first-order valence-corrected chi connectivity index (χ1v) is 9.08. The summed E-state index contributed by atoms with van der Waals surface area (Å²) in [6, 6.07) is 8.51. The first kappa shape index (κ1) is 18.3. The van der Waals surface area contributed by atoms with Crippen molar-refractivity contribution < 1.29 is 9.31 Å². The van der Waals surface area contributed by atoms with Crippen molar-refractivity contribution in [2.24, 2.45) is 0 Å². The van der Waals surface area contributed by atoms with Gasteiger partial charge in [-0.25, -0.2) is 6.57 Å². The molecular formula is C19H28BN3O2. The molecule has 0 atom stereocenters. The summed E-state index contributed by atoms with van der Waals surface area (Å²) in [5.74, 6) is 0. The molecule has 6 heteroatoms. The molecule has 1 aromatic rings. The van der Waals surface area contributed by atoms with Crippen LogP contribution in [0.5, 0.6) is 0 Å². The van der Waals surface area contributed by atoms with Crippen LogP contribution < -0.4 is 10.4 Å². The summed E-state index contributed by atoms with van der Waals surface area (Å²) in [5.41, 5.74) is 1.66. The Labute approximate surface area is 151 Å². The number of rotatable bonds is 4. The van der Waals surface area contributed by atoms with E-state index in [-0.39, 0.29) is 18.3 Å². The second-order valence-corrected chi connectivity index (χ2v) is 7.89. The molecule has 0 amide bonds. The van der Waals surface area contributed by atoms with Crippen LogP contribution in [0.15, 0.2) is 24.3 Å². The number of piperazine rings is 1. The number of anilines is 1. The minimum absolute atomic E-state index is 0.315. The van der Waals surface area contributed by atoms with Gasteiger partial charge < -0.3 is 19.1 Å². The average Bonchev–Trinajstić information content (AvgIpc) is 2.81. The molecule has 2 aliphatic heterocycles. The Balaban J connectivity index is 1.66. The van der Waals surface area contributed by atoms with Crippen molar-refractivity contribution in [3.05, 3.63) is 35.7 Å². The molecule has 25 heavy (non-hydrogen) atoms. The van der Waals surface area contributed by atoms with E-state index in [1.807, 2.05) is 0 Å². The van der Waals surface area contributed by atoms with Gasteiger partial charge in [-0.05, 0) is 45.3 Å². The topological polar surface area (TPSA) is 29.3 Å². The quantitative estimate of drug-likeness (QED) is 0.619. The Morgan fingerprint density at radius 1 is 1.08 bits per heavy atom. The maximum Gasteiger partial charge on any atom is 0.494 e. The van der Waals surface area contributed by atoms with E-state index < -0.39 is 0 Å². The number of hydrogen-bond donors (Lipinski definition) is 0. The average molecular weight is 341 g/mol. The van der Waals surface area contributed by atoms with Gasteiger partial charge in [-0.3, -0.25) is 4.90 Å². The monoisotopic (exact) mass is 341 g/mol. The molecule has 2 aliphatic rings. The lowest BCUT2D eigenvalue weighted by molar-refractivity contribution is 0.00578. The third-order valence-electron chi connectivity index (χ3n) is 5.66. The Morgan fingerprint density at radius 3 is 2.32 bits per heavy atom.